The SMILES string of the molecule is [CH2-][NH2+]C(=O)c1nc2ccccc2s1. The van der Waals surface area contributed by atoms with Crippen LogP contribution in [-0.4, -0.2) is 10.9 Å². The van der Waals surface area contributed by atoms with Gasteiger partial charge in [-0.25, -0.2) is 9.78 Å². The molecule has 1 aromatic heterocycles. The van der Waals surface area contributed by atoms with Gasteiger partial charge in [-0.05, 0) is 12.1 Å². The summed E-state index contributed by atoms with van der Waals surface area (Å²) >= 11 is 1.40. The van der Waals surface area contributed by atoms with Crippen molar-refractivity contribution in [2.24, 2.45) is 0 Å². The molecule has 2 rings (SSSR count). The maximum Gasteiger partial charge on any atom is 0.345 e. The lowest BCUT2D eigenvalue weighted by molar-refractivity contribution is -0.489. The van der Waals surface area contributed by atoms with Crippen LogP contribution < -0.4 is 5.32 Å². The van der Waals surface area contributed by atoms with Crippen LogP contribution in [0.4, 0.5) is 0 Å². The number of nitrogens with two attached hydrogens (primary N) is 1. The highest BCUT2D eigenvalue weighted by atomic mass is 32.1. The van der Waals surface area contributed by atoms with Crippen LogP contribution in [0.3, 0.4) is 0 Å². The maximum atomic E-state index is 11.2. The largest absolute Gasteiger partial charge is 0.408 e. The van der Waals surface area contributed by atoms with E-state index in [9.17, 15) is 4.79 Å². The van der Waals surface area contributed by atoms with Gasteiger partial charge < -0.3 is 5.32 Å². The van der Waals surface area contributed by atoms with Gasteiger partial charge in [0.15, 0.2) is 0 Å². The Hall–Kier alpha value is -1.26. The number of quaternary nitrogens is 1. The van der Waals surface area contributed by atoms with Gasteiger partial charge in [0, 0.05) is 0 Å². The van der Waals surface area contributed by atoms with Crippen LogP contribution >= 0.6 is 11.3 Å². The summed E-state index contributed by atoms with van der Waals surface area (Å²) in [5.74, 6) is -0.110. The lowest BCUT2D eigenvalue weighted by atomic mass is 10.3. The number of nitrogens with zero attached hydrogens (tertiary/aromatic N) is 1. The predicted molar refractivity (Wildman–Crippen MR) is 51.2 cm³/mol. The van der Waals surface area contributed by atoms with E-state index in [1.165, 1.54) is 16.7 Å². The molecule has 2 aromatic rings. The molecular weight excluding hydrogens is 184 g/mol. The molecule has 2 N–H and O–H groups in total. The first kappa shape index (κ1) is 8.34. The molecule has 0 saturated carbocycles. The van der Waals surface area contributed by atoms with Gasteiger partial charge in [-0.15, -0.1) is 18.4 Å². The van der Waals surface area contributed by atoms with Crippen LogP contribution in [0, 0.1) is 7.05 Å². The number of hydrogen-bond donors (Lipinski definition) is 1. The molecule has 0 atom stereocenters. The van der Waals surface area contributed by atoms with Gasteiger partial charge in [0.2, 0.25) is 5.01 Å². The monoisotopic (exact) mass is 192 g/mol. The molecule has 0 bridgehead atoms. The molecule has 1 amide bonds. The molecule has 0 aliphatic carbocycles. The van der Waals surface area contributed by atoms with E-state index in [4.69, 9.17) is 0 Å². The van der Waals surface area contributed by atoms with Gasteiger partial charge in [0.25, 0.3) is 0 Å². The van der Waals surface area contributed by atoms with E-state index >= 15 is 0 Å². The molecule has 1 aromatic carbocycles. The Bertz CT molecular complexity index is 417. The summed E-state index contributed by atoms with van der Waals surface area (Å²) in [5.41, 5.74) is 0.873. The van der Waals surface area contributed by atoms with Crippen LogP contribution in [-0.2, 0) is 0 Å². The van der Waals surface area contributed by atoms with E-state index in [2.05, 4.69) is 12.0 Å². The minimum atomic E-state index is -0.110. The summed E-state index contributed by atoms with van der Waals surface area (Å²) in [5, 5.41) is 1.80. The number of fused-ring (bicyclic) bond motifs is 1. The molecule has 0 fully saturated rings. The average Bonchev–Trinajstić information content (AvgIpc) is 2.59. The van der Waals surface area contributed by atoms with Crippen molar-refractivity contribution in [2.75, 3.05) is 0 Å². The molecule has 66 valence electrons. The van der Waals surface area contributed by atoms with Gasteiger partial charge in [-0.2, -0.15) is 0 Å². The molecule has 1 heterocycles. The number of benzene rings is 1. The van der Waals surface area contributed by atoms with E-state index < -0.39 is 0 Å². The summed E-state index contributed by atoms with van der Waals surface area (Å²) in [6.07, 6.45) is 0. The lowest BCUT2D eigenvalue weighted by Gasteiger charge is -1.89. The fourth-order valence-corrected chi connectivity index (χ4v) is 1.97. The zero-order valence-corrected chi connectivity index (χ0v) is 7.67. The Morgan fingerprint density at radius 2 is 2.23 bits per heavy atom. The highest BCUT2D eigenvalue weighted by Crippen LogP contribution is 2.20. The first-order valence-electron chi connectivity index (χ1n) is 3.83. The Morgan fingerprint density at radius 1 is 1.46 bits per heavy atom. The number of para-hydroxylation sites is 1. The van der Waals surface area contributed by atoms with Crippen molar-refractivity contribution in [2.45, 2.75) is 0 Å². The molecule has 3 nitrogen and oxygen atoms in total. The number of thiazole rings is 1. The number of primary amides is 1. The first-order chi connectivity index (χ1) is 6.31. The topological polar surface area (TPSA) is 46.6 Å². The quantitative estimate of drug-likeness (QED) is 0.679. The summed E-state index contributed by atoms with van der Waals surface area (Å²) < 4.78 is 1.03. The van der Waals surface area contributed by atoms with Crippen molar-refractivity contribution >= 4 is 27.5 Å². The zero-order valence-electron chi connectivity index (χ0n) is 6.86. The molecular formula is C9H8N2OS. The Balaban J connectivity index is 2.56. The van der Waals surface area contributed by atoms with Crippen molar-refractivity contribution in [3.05, 3.63) is 36.3 Å². The number of carbonyl (C=O) groups excluding carboxylic acids is 1. The minimum Gasteiger partial charge on any atom is -0.408 e. The average molecular weight is 192 g/mol. The van der Waals surface area contributed by atoms with E-state index in [1.54, 1.807) is 0 Å². The number of hydrogen-bond acceptors (Lipinski definition) is 3. The Labute approximate surface area is 79.4 Å². The number of amides is 1. The first-order valence-corrected chi connectivity index (χ1v) is 4.65. The van der Waals surface area contributed by atoms with Gasteiger partial charge in [-0.1, -0.05) is 12.1 Å². The van der Waals surface area contributed by atoms with E-state index in [0.717, 1.165) is 10.2 Å². The molecule has 0 unspecified atom stereocenters. The third-order valence-electron chi connectivity index (χ3n) is 1.69. The number of carbonyl (C=O) groups is 1. The van der Waals surface area contributed by atoms with E-state index in [1.807, 2.05) is 24.3 Å². The van der Waals surface area contributed by atoms with Gasteiger partial charge in [0.05, 0.1) is 10.2 Å². The van der Waals surface area contributed by atoms with Gasteiger partial charge in [-0.3, -0.25) is 0 Å². The number of rotatable bonds is 1. The minimum absolute atomic E-state index is 0.110. The van der Waals surface area contributed by atoms with Crippen LogP contribution in [0.1, 0.15) is 9.80 Å². The van der Waals surface area contributed by atoms with Crippen molar-refractivity contribution < 1.29 is 10.1 Å². The smallest absolute Gasteiger partial charge is 0.345 e. The maximum absolute atomic E-state index is 11.2. The molecule has 0 saturated heterocycles. The normalized spacial score (nSPS) is 10.5. The Morgan fingerprint density at radius 3 is 2.92 bits per heavy atom. The third-order valence-corrected chi connectivity index (χ3v) is 2.74. The second-order valence-corrected chi connectivity index (χ2v) is 3.59. The van der Waals surface area contributed by atoms with Crippen LogP contribution in [0.2, 0.25) is 0 Å². The van der Waals surface area contributed by atoms with Crippen molar-refractivity contribution in [3.8, 4) is 0 Å². The fourth-order valence-electron chi connectivity index (χ4n) is 1.06. The second kappa shape index (κ2) is 3.24. The molecule has 4 heteroatoms. The third kappa shape index (κ3) is 1.46. The van der Waals surface area contributed by atoms with Crippen molar-refractivity contribution in [3.63, 3.8) is 0 Å². The molecule has 0 aliphatic rings. The van der Waals surface area contributed by atoms with Gasteiger partial charge in [0.1, 0.15) is 0 Å². The highest BCUT2D eigenvalue weighted by Gasteiger charge is 2.10. The number of aromatic nitrogens is 1. The summed E-state index contributed by atoms with van der Waals surface area (Å²) in [7, 11) is 3.42. The van der Waals surface area contributed by atoms with Crippen LogP contribution in [0.15, 0.2) is 24.3 Å². The van der Waals surface area contributed by atoms with Crippen molar-refractivity contribution in [1.82, 2.24) is 4.98 Å². The molecule has 0 aliphatic heterocycles. The van der Waals surface area contributed by atoms with Crippen LogP contribution in [0.5, 0.6) is 0 Å². The molecule has 0 spiro atoms. The highest BCUT2D eigenvalue weighted by molar-refractivity contribution is 7.20. The van der Waals surface area contributed by atoms with E-state index in [0.29, 0.717) is 5.01 Å². The van der Waals surface area contributed by atoms with E-state index in [-0.39, 0.29) is 5.91 Å². The zero-order chi connectivity index (χ0) is 9.26. The summed E-state index contributed by atoms with van der Waals surface area (Å²) in [6, 6.07) is 7.69. The van der Waals surface area contributed by atoms with Crippen molar-refractivity contribution in [1.29, 1.82) is 0 Å². The fraction of sp³-hybridized carbons (Fsp3) is 0. The second-order valence-electron chi connectivity index (χ2n) is 2.56. The summed E-state index contributed by atoms with van der Waals surface area (Å²) in [4.78, 5) is 15.4. The predicted octanol–water partition coefficient (Wildman–Crippen LogP) is 0.791. The lowest BCUT2D eigenvalue weighted by Crippen LogP contribution is -2.81. The standard InChI is InChI=1S/C9H8N2OS/c1-10-8(12)9-11-6-4-2-3-5-7(6)13-9/h2-5H,1,10H2. The Kier molecular flexibility index (Phi) is 2.08. The van der Waals surface area contributed by atoms with Gasteiger partial charge >= 0.3 is 5.91 Å². The summed E-state index contributed by atoms with van der Waals surface area (Å²) in [6.45, 7) is 0. The van der Waals surface area contributed by atoms with Crippen LogP contribution in [0.25, 0.3) is 10.2 Å². The molecule has 0 radical (unpaired) electrons. The molecule has 13 heavy (non-hydrogen) atoms.